The van der Waals surface area contributed by atoms with Gasteiger partial charge in [0, 0.05) is 7.05 Å². The van der Waals surface area contributed by atoms with Crippen LogP contribution in [0.15, 0.2) is 4.99 Å². The fraction of sp³-hybridized carbons (Fsp3) is 0.778. The smallest absolute Gasteiger partial charge is 0.409 e. The zero-order valence-electron chi connectivity index (χ0n) is 9.72. The second-order valence-corrected chi connectivity index (χ2v) is 4.74. The molecule has 0 saturated heterocycles. The van der Waals surface area contributed by atoms with Crippen molar-refractivity contribution in [1.29, 1.82) is 0 Å². The molecule has 0 aromatic carbocycles. The predicted molar refractivity (Wildman–Crippen MR) is 64.3 cm³/mol. The molecule has 0 aliphatic heterocycles. The lowest BCUT2D eigenvalue weighted by atomic mass is 10.2. The highest BCUT2D eigenvalue weighted by Crippen LogP contribution is 2.06. The maximum Gasteiger partial charge on any atom is 0.409 e. The number of aliphatic imine (C=N–C) groups is 1. The average Bonchev–Trinajstić information content (AvgIpc) is 1.99. The average molecular weight is 280 g/mol. The number of alkyl carbamates (subject to hydrolysis) is 1. The van der Waals surface area contributed by atoms with Gasteiger partial charge in [0.2, 0.25) is 0 Å². The number of amides is 1. The van der Waals surface area contributed by atoms with Crippen LogP contribution >= 0.6 is 15.9 Å². The van der Waals surface area contributed by atoms with Gasteiger partial charge in [0.05, 0.1) is 0 Å². The lowest BCUT2D eigenvalue weighted by Crippen LogP contribution is -2.37. The molecule has 5 nitrogen and oxygen atoms in total. The highest BCUT2D eigenvalue weighted by atomic mass is 79.9. The molecule has 0 saturated carbocycles. The summed E-state index contributed by atoms with van der Waals surface area (Å²) in [5.74, 6) is 0. The number of carbonyl (C=O) groups is 1. The van der Waals surface area contributed by atoms with E-state index in [0.29, 0.717) is 4.74 Å². The van der Waals surface area contributed by atoms with Crippen molar-refractivity contribution >= 4 is 26.8 Å². The number of hydrogen-bond donors (Lipinski definition) is 2. The third-order valence-electron chi connectivity index (χ3n) is 1.24. The number of nitrogens with zero attached hydrogens (tertiary/aromatic N) is 1. The van der Waals surface area contributed by atoms with E-state index in [2.05, 4.69) is 31.6 Å². The minimum atomic E-state index is -0.492. The van der Waals surface area contributed by atoms with Gasteiger partial charge in [0.25, 0.3) is 0 Å². The monoisotopic (exact) mass is 279 g/mol. The number of hydrogen-bond acceptors (Lipinski definition) is 3. The summed E-state index contributed by atoms with van der Waals surface area (Å²) in [6, 6.07) is 0. The van der Waals surface area contributed by atoms with E-state index in [-0.39, 0.29) is 6.17 Å². The highest BCUT2D eigenvalue weighted by Gasteiger charge is 2.17. The van der Waals surface area contributed by atoms with Crippen LogP contribution < -0.4 is 10.6 Å². The summed E-state index contributed by atoms with van der Waals surface area (Å²) in [7, 11) is 1.73. The number of amidine groups is 1. The van der Waals surface area contributed by atoms with Gasteiger partial charge in [-0.25, -0.2) is 9.79 Å². The molecule has 0 spiro atoms. The maximum absolute atomic E-state index is 11.3. The van der Waals surface area contributed by atoms with Gasteiger partial charge in [0.15, 0.2) is 4.74 Å². The molecule has 0 aliphatic carbocycles. The fourth-order valence-electron chi connectivity index (χ4n) is 0.745. The molecule has 0 aliphatic rings. The van der Waals surface area contributed by atoms with Crippen LogP contribution in [-0.4, -0.2) is 29.7 Å². The second-order valence-electron chi connectivity index (χ2n) is 3.99. The van der Waals surface area contributed by atoms with Gasteiger partial charge in [-0.1, -0.05) is 0 Å². The zero-order valence-corrected chi connectivity index (χ0v) is 11.3. The largest absolute Gasteiger partial charge is 0.444 e. The summed E-state index contributed by atoms with van der Waals surface area (Å²) in [5, 5.41) is 5.37. The van der Waals surface area contributed by atoms with Crippen LogP contribution in [0.4, 0.5) is 4.79 Å². The molecule has 0 radical (unpaired) electrons. The van der Waals surface area contributed by atoms with E-state index >= 15 is 0 Å². The Bertz CT molecular complexity index is 248. The van der Waals surface area contributed by atoms with E-state index in [0.717, 1.165) is 0 Å². The lowest BCUT2D eigenvalue weighted by Gasteiger charge is -2.20. The number of halogens is 1. The Morgan fingerprint density at radius 3 is 2.40 bits per heavy atom. The van der Waals surface area contributed by atoms with Gasteiger partial charge < -0.3 is 10.1 Å². The Hall–Kier alpha value is -0.780. The van der Waals surface area contributed by atoms with Gasteiger partial charge >= 0.3 is 6.09 Å². The van der Waals surface area contributed by atoms with E-state index in [1.165, 1.54) is 0 Å². The third-order valence-corrected chi connectivity index (χ3v) is 1.84. The van der Waals surface area contributed by atoms with Gasteiger partial charge in [-0.05, 0) is 43.6 Å². The van der Waals surface area contributed by atoms with E-state index in [1.807, 2.05) is 20.8 Å². The van der Waals surface area contributed by atoms with Crippen molar-refractivity contribution in [3.05, 3.63) is 0 Å². The first-order valence-corrected chi connectivity index (χ1v) is 5.44. The van der Waals surface area contributed by atoms with Gasteiger partial charge in [-0.15, -0.1) is 0 Å². The zero-order chi connectivity index (χ0) is 12.1. The summed E-state index contributed by atoms with van der Waals surface area (Å²) in [5.41, 5.74) is -0.492. The molecule has 88 valence electrons. The van der Waals surface area contributed by atoms with Crippen molar-refractivity contribution in [2.24, 2.45) is 4.99 Å². The van der Waals surface area contributed by atoms with E-state index < -0.39 is 11.7 Å². The Morgan fingerprint density at radius 2 is 2.00 bits per heavy atom. The molecule has 0 aromatic heterocycles. The topological polar surface area (TPSA) is 62.7 Å². The van der Waals surface area contributed by atoms with Crippen LogP contribution in [0.25, 0.3) is 0 Å². The Morgan fingerprint density at radius 1 is 1.47 bits per heavy atom. The van der Waals surface area contributed by atoms with Crippen molar-refractivity contribution in [2.75, 3.05) is 7.05 Å². The van der Waals surface area contributed by atoms with Gasteiger partial charge in [0.1, 0.15) is 11.8 Å². The van der Waals surface area contributed by atoms with Crippen LogP contribution in [0.2, 0.25) is 0 Å². The Labute approximate surface area is 98.8 Å². The number of ether oxygens (including phenoxy) is 1. The molecule has 0 fully saturated rings. The SMILES string of the molecule is CN/C(Br)=N\C(C)NC(=O)OC(C)(C)C. The predicted octanol–water partition coefficient (Wildman–Crippen LogP) is 1.83. The first kappa shape index (κ1) is 14.2. The van der Waals surface area contributed by atoms with Crippen molar-refractivity contribution in [3.63, 3.8) is 0 Å². The minimum Gasteiger partial charge on any atom is -0.444 e. The lowest BCUT2D eigenvalue weighted by molar-refractivity contribution is 0.0510. The van der Waals surface area contributed by atoms with Crippen molar-refractivity contribution in [3.8, 4) is 0 Å². The molecular weight excluding hydrogens is 262 g/mol. The molecule has 0 bridgehead atoms. The fourth-order valence-corrected chi connectivity index (χ4v) is 1.05. The molecule has 6 heteroatoms. The second kappa shape index (κ2) is 5.95. The number of rotatable bonds is 2. The van der Waals surface area contributed by atoms with Crippen LogP contribution in [0.3, 0.4) is 0 Å². The quantitative estimate of drug-likeness (QED) is 0.461. The molecule has 1 atom stereocenters. The summed E-state index contributed by atoms with van der Waals surface area (Å²) in [4.78, 5) is 15.4. The van der Waals surface area contributed by atoms with E-state index in [9.17, 15) is 4.79 Å². The standard InChI is InChI=1S/C9H18BrN3O2/c1-6(12-7(10)11-5)13-8(14)15-9(2,3)4/h6H,1-5H3,(H,11,12)(H,13,14). The molecule has 0 heterocycles. The molecular formula is C9H18BrN3O2. The Balaban J connectivity index is 4.08. The van der Waals surface area contributed by atoms with Gasteiger partial charge in [-0.2, -0.15) is 0 Å². The van der Waals surface area contributed by atoms with Crippen LogP contribution in [0.1, 0.15) is 27.7 Å². The van der Waals surface area contributed by atoms with Crippen molar-refractivity contribution in [2.45, 2.75) is 39.5 Å². The minimum absolute atomic E-state index is 0.346. The summed E-state index contributed by atoms with van der Waals surface area (Å²) in [6.07, 6.45) is -0.822. The van der Waals surface area contributed by atoms with Crippen LogP contribution in [0.5, 0.6) is 0 Å². The third kappa shape index (κ3) is 8.23. The summed E-state index contributed by atoms with van der Waals surface area (Å²) < 4.78 is 5.64. The first-order valence-electron chi connectivity index (χ1n) is 4.65. The van der Waals surface area contributed by atoms with E-state index in [4.69, 9.17) is 4.74 Å². The van der Waals surface area contributed by atoms with Crippen molar-refractivity contribution < 1.29 is 9.53 Å². The first-order chi connectivity index (χ1) is 6.74. The number of nitrogens with one attached hydrogen (secondary N) is 2. The molecule has 0 aromatic rings. The van der Waals surface area contributed by atoms with Crippen LogP contribution in [-0.2, 0) is 4.74 Å². The molecule has 0 rings (SSSR count). The molecule has 15 heavy (non-hydrogen) atoms. The maximum atomic E-state index is 11.3. The van der Waals surface area contributed by atoms with Crippen molar-refractivity contribution in [1.82, 2.24) is 10.6 Å². The molecule has 2 N–H and O–H groups in total. The van der Waals surface area contributed by atoms with Gasteiger partial charge in [-0.3, -0.25) is 5.32 Å². The Kier molecular flexibility index (Phi) is 5.64. The highest BCUT2D eigenvalue weighted by molar-refractivity contribution is 9.18. The molecule has 1 unspecified atom stereocenters. The van der Waals surface area contributed by atoms with E-state index in [1.54, 1.807) is 14.0 Å². The molecule has 1 amide bonds. The number of carbonyl (C=O) groups excluding carboxylic acids is 1. The summed E-state index contributed by atoms with van der Waals surface area (Å²) >= 11 is 3.18. The summed E-state index contributed by atoms with van der Waals surface area (Å²) in [6.45, 7) is 7.18. The van der Waals surface area contributed by atoms with Crippen LogP contribution in [0, 0.1) is 0 Å². The normalized spacial score (nSPS) is 14.4.